The molecule has 0 aromatic heterocycles. The highest BCUT2D eigenvalue weighted by atomic mass is 32.2. The molecule has 0 saturated carbocycles. The molecule has 3 rings (SSSR count). The van der Waals surface area contributed by atoms with Crippen LogP contribution in [0.2, 0.25) is 0 Å². The molecule has 2 aromatic rings. The van der Waals surface area contributed by atoms with Gasteiger partial charge in [0.1, 0.15) is 5.84 Å². The largest absolute Gasteiger partial charge is 0.384 e. The number of hydrogen-bond donors (Lipinski definition) is 2. The maximum atomic E-state index is 12.6. The third-order valence-electron chi connectivity index (χ3n) is 4.56. The smallest absolute Gasteiger partial charge is 0.253 e. The first-order valence-corrected chi connectivity index (χ1v) is 10.3. The molecule has 1 saturated heterocycles. The van der Waals surface area contributed by atoms with Gasteiger partial charge in [0.15, 0.2) is 0 Å². The van der Waals surface area contributed by atoms with Crippen LogP contribution in [0.15, 0.2) is 60.0 Å². The second kappa shape index (κ2) is 8.37. The molecule has 1 aliphatic rings. The Bertz CT molecular complexity index is 978. The lowest BCUT2D eigenvalue weighted by Gasteiger charge is -2.33. The third-order valence-corrected chi connectivity index (χ3v) is 6.13. The molecule has 7 nitrogen and oxygen atoms in total. The summed E-state index contributed by atoms with van der Waals surface area (Å²) in [6, 6.07) is 15.7. The molecule has 1 amide bonds. The average Bonchev–Trinajstić information content (AvgIpc) is 2.73. The van der Waals surface area contributed by atoms with Crippen molar-refractivity contribution in [2.75, 3.05) is 26.2 Å². The van der Waals surface area contributed by atoms with Crippen LogP contribution in [0.4, 0.5) is 0 Å². The van der Waals surface area contributed by atoms with Gasteiger partial charge in [-0.2, -0.15) is 4.31 Å². The molecule has 1 heterocycles. The number of rotatable bonds is 5. The van der Waals surface area contributed by atoms with Crippen LogP contribution in [0.3, 0.4) is 0 Å². The van der Waals surface area contributed by atoms with Crippen LogP contribution in [-0.2, 0) is 10.0 Å². The van der Waals surface area contributed by atoms with Crippen LogP contribution in [0, 0.1) is 5.41 Å². The number of carbonyl (C=O) groups is 1. The molecule has 0 atom stereocenters. The van der Waals surface area contributed by atoms with Gasteiger partial charge in [-0.3, -0.25) is 10.2 Å². The highest BCUT2D eigenvalue weighted by Gasteiger charge is 2.27. The van der Waals surface area contributed by atoms with E-state index in [1.54, 1.807) is 35.2 Å². The van der Waals surface area contributed by atoms with Gasteiger partial charge in [0, 0.05) is 42.7 Å². The van der Waals surface area contributed by atoms with Crippen LogP contribution < -0.4 is 5.73 Å². The van der Waals surface area contributed by atoms with Crippen molar-refractivity contribution < 1.29 is 13.2 Å². The number of benzene rings is 2. The van der Waals surface area contributed by atoms with Crippen molar-refractivity contribution in [3.8, 4) is 0 Å². The van der Waals surface area contributed by atoms with E-state index < -0.39 is 10.0 Å². The van der Waals surface area contributed by atoms with Gasteiger partial charge in [-0.1, -0.05) is 42.5 Å². The molecule has 0 unspecified atom stereocenters. The summed E-state index contributed by atoms with van der Waals surface area (Å²) in [5.74, 6) is -0.214. The van der Waals surface area contributed by atoms with Crippen molar-refractivity contribution in [1.82, 2.24) is 9.21 Å². The quantitative estimate of drug-likeness (QED) is 0.591. The second-order valence-electron chi connectivity index (χ2n) is 6.44. The Morgan fingerprint density at radius 2 is 1.50 bits per heavy atom. The summed E-state index contributed by atoms with van der Waals surface area (Å²) in [6.45, 7) is 1.15. The number of hydrogen-bond acceptors (Lipinski definition) is 4. The highest BCUT2D eigenvalue weighted by molar-refractivity contribution is 7.92. The van der Waals surface area contributed by atoms with E-state index in [-0.39, 0.29) is 24.8 Å². The molecule has 8 heteroatoms. The maximum absolute atomic E-state index is 12.6. The number of carbonyl (C=O) groups excluding carboxylic acids is 1. The normalized spacial score (nSPS) is 15.6. The monoisotopic (exact) mass is 398 g/mol. The van der Waals surface area contributed by atoms with Crippen molar-refractivity contribution in [1.29, 1.82) is 5.41 Å². The minimum absolute atomic E-state index is 0.0543. The molecular weight excluding hydrogens is 376 g/mol. The van der Waals surface area contributed by atoms with Crippen molar-refractivity contribution in [3.05, 3.63) is 76.7 Å². The zero-order valence-corrected chi connectivity index (χ0v) is 16.1. The van der Waals surface area contributed by atoms with E-state index in [1.807, 2.05) is 30.3 Å². The molecule has 28 heavy (non-hydrogen) atoms. The lowest BCUT2D eigenvalue weighted by Crippen LogP contribution is -2.50. The lowest BCUT2D eigenvalue weighted by atomic mass is 10.1. The topological polar surface area (TPSA) is 108 Å². The number of nitrogen functional groups attached to an aromatic ring is 1. The highest BCUT2D eigenvalue weighted by Crippen LogP contribution is 2.14. The number of amidine groups is 1. The van der Waals surface area contributed by atoms with E-state index in [0.29, 0.717) is 24.2 Å². The van der Waals surface area contributed by atoms with Gasteiger partial charge < -0.3 is 10.6 Å². The Hall–Kier alpha value is -2.97. The summed E-state index contributed by atoms with van der Waals surface area (Å²) in [7, 11) is -3.53. The molecule has 1 aliphatic heterocycles. The molecule has 0 radical (unpaired) electrons. The average molecular weight is 398 g/mol. The van der Waals surface area contributed by atoms with Gasteiger partial charge in [-0.25, -0.2) is 8.42 Å². The van der Waals surface area contributed by atoms with Gasteiger partial charge >= 0.3 is 0 Å². The second-order valence-corrected chi connectivity index (χ2v) is 8.26. The first-order chi connectivity index (χ1) is 13.4. The number of sulfonamides is 1. The minimum Gasteiger partial charge on any atom is -0.384 e. The summed E-state index contributed by atoms with van der Waals surface area (Å²) in [5.41, 5.74) is 7.28. The maximum Gasteiger partial charge on any atom is 0.253 e. The van der Waals surface area contributed by atoms with E-state index in [9.17, 15) is 13.2 Å². The number of nitrogens with two attached hydrogens (primary N) is 1. The Labute approximate surface area is 164 Å². The van der Waals surface area contributed by atoms with E-state index in [1.165, 1.54) is 9.71 Å². The standard InChI is InChI=1S/C20H22N4O3S/c21-19(22)17-6-8-18(9-7-17)20(25)23-11-13-24(14-12-23)28(26,27)15-10-16-4-2-1-3-5-16/h1-10,15H,11-14H2,(H3,21,22)/b15-10+. The molecular formula is C20H22N4O3S. The Balaban J connectivity index is 1.61. The van der Waals surface area contributed by atoms with Crippen LogP contribution >= 0.6 is 0 Å². The molecule has 1 fully saturated rings. The minimum atomic E-state index is -3.53. The zero-order valence-electron chi connectivity index (χ0n) is 15.3. The Morgan fingerprint density at radius 3 is 2.07 bits per heavy atom. The predicted molar refractivity (Wildman–Crippen MR) is 109 cm³/mol. The number of piperazine rings is 1. The Morgan fingerprint density at radius 1 is 0.929 bits per heavy atom. The van der Waals surface area contributed by atoms with E-state index in [2.05, 4.69) is 0 Å². The van der Waals surface area contributed by atoms with Crippen LogP contribution in [0.25, 0.3) is 6.08 Å². The van der Waals surface area contributed by atoms with Gasteiger partial charge in [0.2, 0.25) is 10.0 Å². The molecule has 2 aromatic carbocycles. The summed E-state index contributed by atoms with van der Waals surface area (Å²) in [5, 5.41) is 8.60. The van der Waals surface area contributed by atoms with Gasteiger partial charge in [0.25, 0.3) is 5.91 Å². The van der Waals surface area contributed by atoms with Crippen LogP contribution in [0.1, 0.15) is 21.5 Å². The molecule has 0 bridgehead atoms. The molecule has 3 N–H and O–H groups in total. The molecule has 0 aliphatic carbocycles. The summed E-state index contributed by atoms with van der Waals surface area (Å²) < 4.78 is 26.4. The Kier molecular flexibility index (Phi) is 5.91. The van der Waals surface area contributed by atoms with Crippen molar-refractivity contribution in [3.63, 3.8) is 0 Å². The third kappa shape index (κ3) is 4.65. The molecule has 0 spiro atoms. The van der Waals surface area contributed by atoms with Gasteiger partial charge in [-0.05, 0) is 23.8 Å². The van der Waals surface area contributed by atoms with E-state index in [4.69, 9.17) is 11.1 Å². The number of nitrogens with zero attached hydrogens (tertiary/aromatic N) is 2. The fraction of sp³-hybridized carbons (Fsp3) is 0.200. The lowest BCUT2D eigenvalue weighted by molar-refractivity contribution is 0.0698. The van der Waals surface area contributed by atoms with Crippen molar-refractivity contribution >= 4 is 27.8 Å². The van der Waals surface area contributed by atoms with E-state index in [0.717, 1.165) is 5.56 Å². The zero-order chi connectivity index (χ0) is 20.1. The van der Waals surface area contributed by atoms with Crippen LogP contribution in [0.5, 0.6) is 0 Å². The summed E-state index contributed by atoms with van der Waals surface area (Å²) >= 11 is 0. The fourth-order valence-corrected chi connectivity index (χ4v) is 4.11. The number of amides is 1. The first kappa shape index (κ1) is 19.8. The number of nitrogens with one attached hydrogen (secondary N) is 1. The first-order valence-electron chi connectivity index (χ1n) is 8.84. The van der Waals surface area contributed by atoms with Crippen molar-refractivity contribution in [2.45, 2.75) is 0 Å². The summed E-state index contributed by atoms with van der Waals surface area (Å²) in [4.78, 5) is 14.2. The van der Waals surface area contributed by atoms with Gasteiger partial charge in [-0.15, -0.1) is 0 Å². The summed E-state index contributed by atoms with van der Waals surface area (Å²) in [6.07, 6.45) is 1.57. The fourth-order valence-electron chi connectivity index (χ4n) is 2.94. The van der Waals surface area contributed by atoms with Crippen LogP contribution in [-0.4, -0.2) is 55.5 Å². The van der Waals surface area contributed by atoms with E-state index >= 15 is 0 Å². The molecule has 146 valence electrons. The van der Waals surface area contributed by atoms with Gasteiger partial charge in [0.05, 0.1) is 0 Å². The SMILES string of the molecule is N=C(N)c1ccc(C(=O)N2CCN(S(=O)(=O)/C=C/c3ccccc3)CC2)cc1. The predicted octanol–water partition coefficient (Wildman–Crippen LogP) is 1.73. The van der Waals surface area contributed by atoms with Crippen molar-refractivity contribution in [2.24, 2.45) is 5.73 Å².